The van der Waals surface area contributed by atoms with Crippen molar-refractivity contribution in [3.63, 3.8) is 0 Å². The van der Waals surface area contributed by atoms with Gasteiger partial charge in [-0.25, -0.2) is 4.99 Å². The molecule has 5 nitrogen and oxygen atoms in total. The fraction of sp³-hybridized carbons (Fsp3) is 0.381. The van der Waals surface area contributed by atoms with Gasteiger partial charge in [0.2, 0.25) is 0 Å². The predicted octanol–water partition coefficient (Wildman–Crippen LogP) is 1.22. The molecular weight excluding hydrogens is 326 g/mol. The first-order valence-electron chi connectivity index (χ1n) is 9.17. The van der Waals surface area contributed by atoms with Crippen LogP contribution in [0.4, 0.5) is 0 Å². The zero-order valence-electron chi connectivity index (χ0n) is 15.7. The topological polar surface area (TPSA) is 54.6 Å². The van der Waals surface area contributed by atoms with E-state index in [1.165, 1.54) is 0 Å². The van der Waals surface area contributed by atoms with E-state index in [0.717, 1.165) is 42.5 Å². The monoisotopic (exact) mass is 352 g/mol. The summed E-state index contributed by atoms with van der Waals surface area (Å²) in [4.78, 5) is 31.6. The van der Waals surface area contributed by atoms with Gasteiger partial charge >= 0.3 is 0 Å². The van der Waals surface area contributed by atoms with Gasteiger partial charge in [-0.3, -0.25) is 9.59 Å². The summed E-state index contributed by atoms with van der Waals surface area (Å²) in [5.41, 5.74) is 3.57. The molecule has 0 fully saturated rings. The Morgan fingerprint density at radius 1 is 1.27 bits per heavy atom. The van der Waals surface area contributed by atoms with Crippen LogP contribution >= 0.6 is 0 Å². The zero-order chi connectivity index (χ0) is 18.7. The minimum Gasteiger partial charge on any atom is -0.345 e. The van der Waals surface area contributed by atoms with Crippen LogP contribution in [0.15, 0.2) is 42.1 Å². The maximum Gasteiger partial charge on any atom is 0.300 e. The molecule has 0 aliphatic carbocycles. The summed E-state index contributed by atoms with van der Waals surface area (Å²) in [7, 11) is 3.49. The van der Waals surface area contributed by atoms with Crippen molar-refractivity contribution in [2.24, 2.45) is 0 Å². The van der Waals surface area contributed by atoms with Crippen molar-refractivity contribution in [2.75, 3.05) is 20.6 Å². The Kier molecular flexibility index (Phi) is 5.35. The van der Waals surface area contributed by atoms with Crippen LogP contribution in [0.5, 0.6) is 0 Å². The van der Waals surface area contributed by atoms with Crippen LogP contribution in [0.25, 0.3) is 5.57 Å². The molecule has 2 heterocycles. The molecule has 1 unspecified atom stereocenters. The third kappa shape index (κ3) is 3.47. The van der Waals surface area contributed by atoms with E-state index < -0.39 is 0 Å². The van der Waals surface area contributed by atoms with Gasteiger partial charge in [0, 0.05) is 49.6 Å². The van der Waals surface area contributed by atoms with E-state index in [0.29, 0.717) is 5.56 Å². The van der Waals surface area contributed by atoms with Crippen LogP contribution in [-0.2, 0) is 4.79 Å². The van der Waals surface area contributed by atoms with Gasteiger partial charge in [-0.15, -0.1) is 0 Å². The Morgan fingerprint density at radius 2 is 2.08 bits per heavy atom. The number of benzene rings is 1. The molecule has 1 aromatic rings. The number of hydrogen-bond donors (Lipinski definition) is 1. The van der Waals surface area contributed by atoms with Gasteiger partial charge in [-0.2, -0.15) is 0 Å². The molecule has 0 saturated heterocycles. The summed E-state index contributed by atoms with van der Waals surface area (Å²) >= 11 is 0. The Labute approximate surface area is 154 Å². The standard InChI is InChI=1S/C21H25N3O2/c1-4-5-6-12-24-14-18(17-10-11-22-19(17)21(24)26)15-8-7-9-16(13-15)20(25)23(2)3/h7-11,13-14,19H,4-6,12H2,1-3H3/p+1. The van der Waals surface area contributed by atoms with Crippen LogP contribution < -0.4 is 4.99 Å². The number of rotatable bonds is 6. The average molecular weight is 352 g/mol. The lowest BCUT2D eigenvalue weighted by Crippen LogP contribution is -2.79. The Bertz CT molecular complexity index is 805. The van der Waals surface area contributed by atoms with Gasteiger partial charge in [0.15, 0.2) is 6.21 Å². The maximum absolute atomic E-state index is 12.7. The molecule has 1 atom stereocenters. The maximum atomic E-state index is 12.7. The highest BCUT2D eigenvalue weighted by molar-refractivity contribution is 6.02. The second-order valence-electron chi connectivity index (χ2n) is 6.95. The molecule has 0 saturated carbocycles. The molecule has 2 aliphatic heterocycles. The summed E-state index contributed by atoms with van der Waals surface area (Å²) < 4.78 is 0. The molecule has 0 bridgehead atoms. The van der Waals surface area contributed by atoms with Crippen LogP contribution in [0.1, 0.15) is 42.1 Å². The molecule has 0 spiro atoms. The number of allylic oxidation sites excluding steroid dienone is 1. The van der Waals surface area contributed by atoms with Crippen molar-refractivity contribution >= 4 is 23.6 Å². The molecule has 3 rings (SSSR count). The van der Waals surface area contributed by atoms with Gasteiger partial charge < -0.3 is 9.80 Å². The number of nitrogens with zero attached hydrogens (tertiary/aromatic N) is 2. The highest BCUT2D eigenvalue weighted by Crippen LogP contribution is 2.31. The molecule has 0 radical (unpaired) electrons. The Balaban J connectivity index is 1.96. The number of fused-ring (bicyclic) bond motifs is 1. The summed E-state index contributed by atoms with van der Waals surface area (Å²) in [5.74, 6) is 0.0613. The van der Waals surface area contributed by atoms with Crippen LogP contribution in [0.2, 0.25) is 0 Å². The normalized spacial score (nSPS) is 18.5. The molecule has 2 aliphatic rings. The molecule has 1 aromatic carbocycles. The van der Waals surface area contributed by atoms with E-state index in [1.807, 2.05) is 47.7 Å². The van der Waals surface area contributed by atoms with Crippen molar-refractivity contribution in [1.82, 2.24) is 9.80 Å². The highest BCUT2D eigenvalue weighted by atomic mass is 16.2. The van der Waals surface area contributed by atoms with E-state index >= 15 is 0 Å². The van der Waals surface area contributed by atoms with Gasteiger partial charge in [-0.1, -0.05) is 31.9 Å². The van der Waals surface area contributed by atoms with Gasteiger partial charge in [0.25, 0.3) is 17.9 Å². The number of hydrogen-bond acceptors (Lipinski definition) is 2. The summed E-state index contributed by atoms with van der Waals surface area (Å²) in [6.07, 6.45) is 8.94. The molecular formula is C21H26N3O2+. The van der Waals surface area contributed by atoms with E-state index in [2.05, 4.69) is 11.9 Å². The number of carbonyl (C=O) groups excluding carboxylic acids is 2. The largest absolute Gasteiger partial charge is 0.345 e. The first-order chi connectivity index (χ1) is 12.5. The first kappa shape index (κ1) is 18.1. The van der Waals surface area contributed by atoms with Crippen molar-refractivity contribution in [1.29, 1.82) is 0 Å². The fourth-order valence-corrected chi connectivity index (χ4v) is 3.36. The molecule has 26 heavy (non-hydrogen) atoms. The molecule has 0 aromatic heterocycles. The second kappa shape index (κ2) is 7.68. The van der Waals surface area contributed by atoms with Crippen molar-refractivity contribution in [2.45, 2.75) is 32.2 Å². The second-order valence-corrected chi connectivity index (χ2v) is 6.95. The van der Waals surface area contributed by atoms with Crippen LogP contribution in [0.3, 0.4) is 0 Å². The number of amides is 2. The van der Waals surface area contributed by atoms with Crippen molar-refractivity contribution < 1.29 is 14.6 Å². The molecule has 136 valence electrons. The van der Waals surface area contributed by atoms with Crippen LogP contribution in [0, 0.1) is 0 Å². The molecule has 5 heteroatoms. The quantitative estimate of drug-likeness (QED) is 0.783. The zero-order valence-corrected chi connectivity index (χ0v) is 15.7. The van der Waals surface area contributed by atoms with Gasteiger partial charge in [0.05, 0.1) is 0 Å². The first-order valence-corrected chi connectivity index (χ1v) is 9.17. The average Bonchev–Trinajstić information content (AvgIpc) is 3.13. The summed E-state index contributed by atoms with van der Waals surface area (Å²) in [6, 6.07) is 7.29. The third-order valence-corrected chi connectivity index (χ3v) is 4.79. The Morgan fingerprint density at radius 3 is 2.81 bits per heavy atom. The third-order valence-electron chi connectivity index (χ3n) is 4.79. The van der Waals surface area contributed by atoms with E-state index in [4.69, 9.17) is 0 Å². The van der Waals surface area contributed by atoms with E-state index in [1.54, 1.807) is 19.0 Å². The summed E-state index contributed by atoms with van der Waals surface area (Å²) in [5, 5.41) is 0. The number of unbranched alkanes of at least 4 members (excludes halogenated alkanes) is 2. The summed E-state index contributed by atoms with van der Waals surface area (Å²) in [6.45, 7) is 2.87. The minimum absolute atomic E-state index is 0.0271. The smallest absolute Gasteiger partial charge is 0.300 e. The molecule has 1 N–H and O–H groups in total. The highest BCUT2D eigenvalue weighted by Gasteiger charge is 2.39. The lowest BCUT2D eigenvalue weighted by molar-refractivity contribution is -0.467. The predicted molar refractivity (Wildman–Crippen MR) is 103 cm³/mol. The van der Waals surface area contributed by atoms with Crippen molar-refractivity contribution in [3.05, 3.63) is 53.2 Å². The van der Waals surface area contributed by atoms with E-state index in [9.17, 15) is 9.59 Å². The lowest BCUT2D eigenvalue weighted by atomic mass is 9.90. The minimum atomic E-state index is -0.329. The Hall–Kier alpha value is -2.69. The van der Waals surface area contributed by atoms with Gasteiger partial charge in [0.1, 0.15) is 0 Å². The fourth-order valence-electron chi connectivity index (χ4n) is 3.36. The van der Waals surface area contributed by atoms with Crippen molar-refractivity contribution in [3.8, 4) is 0 Å². The van der Waals surface area contributed by atoms with Crippen LogP contribution in [-0.4, -0.2) is 54.5 Å². The SMILES string of the molecule is CCCCCN1C=C(c2cccc(C(=O)N(C)C)c2)C2=CC=[NH+]C2C1=O. The molecule has 2 amide bonds. The number of nitrogens with one attached hydrogen (secondary N) is 1. The number of carbonyl (C=O) groups is 2. The van der Waals surface area contributed by atoms with E-state index in [-0.39, 0.29) is 17.9 Å². The lowest BCUT2D eigenvalue weighted by Gasteiger charge is -2.27. The van der Waals surface area contributed by atoms with Gasteiger partial charge in [-0.05, 0) is 24.1 Å².